The third-order valence-corrected chi connectivity index (χ3v) is 5.99. The van der Waals surface area contributed by atoms with E-state index in [0.717, 1.165) is 34.6 Å². The van der Waals surface area contributed by atoms with Crippen molar-refractivity contribution >= 4 is 5.91 Å². The summed E-state index contributed by atoms with van der Waals surface area (Å²) in [6.07, 6.45) is -4.41. The van der Waals surface area contributed by atoms with Crippen LogP contribution in [0, 0.1) is 0 Å². The highest BCUT2D eigenvalue weighted by Gasteiger charge is 2.30. The molecule has 3 rings (SSSR count). The molecule has 1 unspecified atom stereocenters. The smallest absolute Gasteiger partial charge is 0.416 e. The molecular weight excluding hydrogens is 467 g/mol. The first-order valence-corrected chi connectivity index (χ1v) is 12.1. The zero-order chi connectivity index (χ0) is 26.1. The van der Waals surface area contributed by atoms with Crippen LogP contribution in [0.4, 0.5) is 13.2 Å². The molecule has 36 heavy (non-hydrogen) atoms. The highest BCUT2D eigenvalue weighted by molar-refractivity contribution is 5.80. The van der Waals surface area contributed by atoms with Gasteiger partial charge in [-0.3, -0.25) is 4.79 Å². The van der Waals surface area contributed by atoms with Crippen molar-refractivity contribution in [3.63, 3.8) is 0 Å². The van der Waals surface area contributed by atoms with E-state index in [9.17, 15) is 18.0 Å². The SMILES string of the molecule is CCOCCN(C(=O)Cc1ccc(C(F)(F)F)cc1)C(C)c1ccccc1-c1ccc(OCC)cc1. The van der Waals surface area contributed by atoms with Gasteiger partial charge in [-0.2, -0.15) is 13.2 Å². The number of hydrogen-bond donors (Lipinski definition) is 0. The minimum atomic E-state index is -4.41. The summed E-state index contributed by atoms with van der Waals surface area (Å²) in [6.45, 7) is 7.63. The van der Waals surface area contributed by atoms with Crippen LogP contribution in [0.5, 0.6) is 5.75 Å². The van der Waals surface area contributed by atoms with Crippen LogP contribution in [0.25, 0.3) is 11.1 Å². The molecular formula is C29H32F3NO3. The molecule has 0 aromatic heterocycles. The lowest BCUT2D eigenvalue weighted by atomic mass is 9.94. The van der Waals surface area contributed by atoms with Crippen LogP contribution in [0.2, 0.25) is 0 Å². The molecule has 0 aliphatic rings. The number of carbonyl (C=O) groups excluding carboxylic acids is 1. The summed E-state index contributed by atoms with van der Waals surface area (Å²) in [5, 5.41) is 0. The van der Waals surface area contributed by atoms with E-state index >= 15 is 0 Å². The van der Waals surface area contributed by atoms with Gasteiger partial charge in [0.15, 0.2) is 0 Å². The monoisotopic (exact) mass is 499 g/mol. The van der Waals surface area contributed by atoms with Gasteiger partial charge in [0.1, 0.15) is 5.75 Å². The Labute approximate surface area is 210 Å². The molecule has 0 radical (unpaired) electrons. The van der Waals surface area contributed by atoms with Gasteiger partial charge in [0.05, 0.1) is 31.2 Å². The average Bonchev–Trinajstić information content (AvgIpc) is 2.87. The van der Waals surface area contributed by atoms with Crippen molar-refractivity contribution in [3.8, 4) is 16.9 Å². The molecule has 0 saturated carbocycles. The Morgan fingerprint density at radius 2 is 1.58 bits per heavy atom. The predicted molar refractivity (Wildman–Crippen MR) is 135 cm³/mol. The second-order valence-corrected chi connectivity index (χ2v) is 8.38. The number of benzene rings is 3. The summed E-state index contributed by atoms with van der Waals surface area (Å²) in [5.74, 6) is 0.611. The number of amides is 1. The normalized spacial score (nSPS) is 12.3. The minimum absolute atomic E-state index is 0.000176. The molecule has 0 aliphatic carbocycles. The van der Waals surface area contributed by atoms with Gasteiger partial charge < -0.3 is 14.4 Å². The Kier molecular flexibility index (Phi) is 9.53. The van der Waals surface area contributed by atoms with E-state index in [0.29, 0.717) is 31.9 Å². The lowest BCUT2D eigenvalue weighted by Crippen LogP contribution is -2.37. The number of halogens is 3. The number of rotatable bonds is 11. The van der Waals surface area contributed by atoms with Crippen molar-refractivity contribution in [2.24, 2.45) is 0 Å². The van der Waals surface area contributed by atoms with Crippen molar-refractivity contribution < 1.29 is 27.4 Å². The van der Waals surface area contributed by atoms with E-state index in [2.05, 4.69) is 0 Å². The van der Waals surface area contributed by atoms with E-state index < -0.39 is 11.7 Å². The Balaban J connectivity index is 1.86. The number of hydrogen-bond acceptors (Lipinski definition) is 3. The van der Waals surface area contributed by atoms with Crippen molar-refractivity contribution in [3.05, 3.63) is 89.5 Å². The molecule has 0 heterocycles. The largest absolute Gasteiger partial charge is 0.494 e. The molecule has 0 spiro atoms. The van der Waals surface area contributed by atoms with Crippen LogP contribution in [0.15, 0.2) is 72.8 Å². The molecule has 0 fully saturated rings. The maximum atomic E-state index is 13.4. The Morgan fingerprint density at radius 1 is 0.917 bits per heavy atom. The first-order valence-electron chi connectivity index (χ1n) is 12.1. The van der Waals surface area contributed by atoms with Crippen LogP contribution in [-0.2, 0) is 22.1 Å². The Bertz CT molecular complexity index is 1110. The fourth-order valence-corrected chi connectivity index (χ4v) is 4.12. The van der Waals surface area contributed by atoms with Gasteiger partial charge in [-0.1, -0.05) is 48.5 Å². The lowest BCUT2D eigenvalue weighted by molar-refractivity contribution is -0.137. The van der Waals surface area contributed by atoms with Crippen LogP contribution in [0.3, 0.4) is 0 Å². The average molecular weight is 500 g/mol. The summed E-state index contributed by atoms with van der Waals surface area (Å²) < 4.78 is 49.8. The highest BCUT2D eigenvalue weighted by Crippen LogP contribution is 2.33. The Hall–Kier alpha value is -3.32. The first-order chi connectivity index (χ1) is 17.2. The molecule has 1 amide bonds. The summed E-state index contributed by atoms with van der Waals surface area (Å²) >= 11 is 0. The predicted octanol–water partition coefficient (Wildman–Crippen LogP) is 6.94. The number of ether oxygens (including phenoxy) is 2. The number of carbonyl (C=O) groups is 1. The molecule has 1 atom stereocenters. The van der Waals surface area contributed by atoms with Crippen LogP contribution >= 0.6 is 0 Å². The van der Waals surface area contributed by atoms with Gasteiger partial charge in [-0.15, -0.1) is 0 Å². The highest BCUT2D eigenvalue weighted by atomic mass is 19.4. The molecule has 192 valence electrons. The van der Waals surface area contributed by atoms with E-state index in [1.165, 1.54) is 12.1 Å². The summed E-state index contributed by atoms with van der Waals surface area (Å²) in [7, 11) is 0. The minimum Gasteiger partial charge on any atom is -0.494 e. The zero-order valence-electron chi connectivity index (χ0n) is 20.8. The van der Waals surface area contributed by atoms with Gasteiger partial charge in [0.2, 0.25) is 5.91 Å². The fourth-order valence-electron chi connectivity index (χ4n) is 4.12. The molecule has 0 saturated heterocycles. The van der Waals surface area contributed by atoms with E-state index in [-0.39, 0.29) is 18.4 Å². The van der Waals surface area contributed by atoms with Crippen molar-refractivity contribution in [2.45, 2.75) is 39.4 Å². The zero-order valence-corrected chi connectivity index (χ0v) is 20.8. The quantitative estimate of drug-likeness (QED) is 0.268. The van der Waals surface area contributed by atoms with E-state index in [1.54, 1.807) is 4.90 Å². The van der Waals surface area contributed by atoms with Crippen molar-refractivity contribution in [2.75, 3.05) is 26.4 Å². The molecule has 0 N–H and O–H groups in total. The van der Waals surface area contributed by atoms with E-state index in [4.69, 9.17) is 9.47 Å². The summed E-state index contributed by atoms with van der Waals surface area (Å²) in [4.78, 5) is 15.1. The topological polar surface area (TPSA) is 38.8 Å². The molecule has 4 nitrogen and oxygen atoms in total. The van der Waals surface area contributed by atoms with Crippen molar-refractivity contribution in [1.82, 2.24) is 4.90 Å². The van der Waals surface area contributed by atoms with Crippen LogP contribution in [-0.4, -0.2) is 37.2 Å². The third-order valence-electron chi connectivity index (χ3n) is 5.99. The molecule has 0 aliphatic heterocycles. The standard InChI is InChI=1S/C29H32F3NO3/c1-4-35-19-18-33(28(34)20-22-10-14-24(15-11-22)29(30,31)32)21(3)26-8-6-7-9-27(26)23-12-16-25(17-13-23)36-5-2/h6-17,21H,4-5,18-20H2,1-3H3. The van der Waals surface area contributed by atoms with Gasteiger partial charge in [-0.25, -0.2) is 0 Å². The van der Waals surface area contributed by atoms with Gasteiger partial charge in [0.25, 0.3) is 0 Å². The molecule has 3 aromatic carbocycles. The molecule has 3 aromatic rings. The molecule has 0 bridgehead atoms. The second-order valence-electron chi connectivity index (χ2n) is 8.38. The van der Waals surface area contributed by atoms with Crippen molar-refractivity contribution in [1.29, 1.82) is 0 Å². The number of alkyl halides is 3. The number of nitrogens with zero attached hydrogens (tertiary/aromatic N) is 1. The lowest BCUT2D eigenvalue weighted by Gasteiger charge is -2.31. The first kappa shape index (κ1) is 27.3. The maximum absolute atomic E-state index is 13.4. The third kappa shape index (κ3) is 7.10. The maximum Gasteiger partial charge on any atom is 0.416 e. The fraction of sp³-hybridized carbons (Fsp3) is 0.345. The van der Waals surface area contributed by atoms with Gasteiger partial charge in [0, 0.05) is 13.2 Å². The van der Waals surface area contributed by atoms with E-state index in [1.807, 2.05) is 69.3 Å². The summed E-state index contributed by atoms with van der Waals surface area (Å²) in [5.41, 5.74) is 2.77. The summed E-state index contributed by atoms with van der Waals surface area (Å²) in [6, 6.07) is 20.2. The van der Waals surface area contributed by atoms with Gasteiger partial charge >= 0.3 is 6.18 Å². The Morgan fingerprint density at radius 3 is 2.19 bits per heavy atom. The van der Waals surface area contributed by atoms with Gasteiger partial charge in [-0.05, 0) is 67.3 Å². The van der Waals surface area contributed by atoms with Crippen LogP contribution in [0.1, 0.15) is 43.5 Å². The second kappa shape index (κ2) is 12.6. The molecule has 7 heteroatoms. The van der Waals surface area contributed by atoms with Crippen LogP contribution < -0.4 is 4.74 Å².